The van der Waals surface area contributed by atoms with Gasteiger partial charge in [-0.3, -0.25) is 4.79 Å². The van der Waals surface area contributed by atoms with Crippen molar-refractivity contribution in [3.63, 3.8) is 0 Å². The van der Waals surface area contributed by atoms with Gasteiger partial charge in [-0.05, 0) is 18.9 Å². The molecule has 1 rings (SSSR count). The van der Waals surface area contributed by atoms with Crippen LogP contribution in [-0.4, -0.2) is 5.97 Å². The number of carbonyl (C=O) groups excluding carboxylic acids is 1. The molecule has 0 amide bonds. The molecule has 2 heteroatoms. The summed E-state index contributed by atoms with van der Waals surface area (Å²) in [6, 6.07) is 9.73. The Bertz CT molecular complexity index is 496. The van der Waals surface area contributed by atoms with Crippen molar-refractivity contribution in [3.8, 4) is 11.8 Å². The summed E-state index contributed by atoms with van der Waals surface area (Å²) in [4.78, 5) is 11.9. The molecule has 0 bridgehead atoms. The van der Waals surface area contributed by atoms with Crippen LogP contribution < -0.4 is 0 Å². The van der Waals surface area contributed by atoms with Crippen LogP contribution in [0.15, 0.2) is 30.3 Å². The van der Waals surface area contributed by atoms with Crippen molar-refractivity contribution < 1.29 is 9.53 Å². The van der Waals surface area contributed by atoms with E-state index in [1.807, 2.05) is 37.3 Å². The fraction of sp³-hybridized carbons (Fsp3) is 0.591. The van der Waals surface area contributed by atoms with E-state index in [2.05, 4.69) is 18.8 Å². The molecule has 132 valence electrons. The highest BCUT2D eigenvalue weighted by atomic mass is 16.5. The zero-order valence-electron chi connectivity index (χ0n) is 15.4. The van der Waals surface area contributed by atoms with Crippen LogP contribution in [0, 0.1) is 17.8 Å². The number of unbranched alkanes of at least 4 members (excludes halogenated alkanes) is 8. The summed E-state index contributed by atoms with van der Waals surface area (Å²) in [6.07, 6.45) is 11.3. The number of carbonyl (C=O) groups is 1. The molecule has 0 spiro atoms. The van der Waals surface area contributed by atoms with E-state index in [1.54, 1.807) is 0 Å². The lowest BCUT2D eigenvalue weighted by Crippen LogP contribution is -2.13. The molecule has 0 aromatic heterocycles. The van der Waals surface area contributed by atoms with Gasteiger partial charge in [-0.2, -0.15) is 0 Å². The summed E-state index contributed by atoms with van der Waals surface area (Å²) in [5.74, 6) is 5.56. The van der Waals surface area contributed by atoms with E-state index in [1.165, 1.54) is 44.9 Å². The van der Waals surface area contributed by atoms with Gasteiger partial charge in [-0.1, -0.05) is 88.1 Å². The number of hydrogen-bond donors (Lipinski definition) is 0. The van der Waals surface area contributed by atoms with E-state index in [9.17, 15) is 4.79 Å². The molecule has 2 nitrogen and oxygen atoms in total. The van der Waals surface area contributed by atoms with E-state index in [0.717, 1.165) is 18.4 Å². The van der Waals surface area contributed by atoms with Gasteiger partial charge in [0.15, 0.2) is 0 Å². The minimum absolute atomic E-state index is 0.234. The van der Waals surface area contributed by atoms with Crippen molar-refractivity contribution in [2.45, 2.75) is 78.2 Å². The molecule has 0 aliphatic heterocycles. The zero-order valence-corrected chi connectivity index (χ0v) is 15.4. The zero-order chi connectivity index (χ0) is 17.5. The molecule has 0 radical (unpaired) electrons. The topological polar surface area (TPSA) is 26.3 Å². The van der Waals surface area contributed by atoms with E-state index in [-0.39, 0.29) is 11.9 Å². The maximum atomic E-state index is 11.9. The summed E-state index contributed by atoms with van der Waals surface area (Å²) in [5, 5.41) is 0. The molecule has 0 heterocycles. The highest BCUT2D eigenvalue weighted by Crippen LogP contribution is 2.09. The maximum Gasteiger partial charge on any atom is 0.321 e. The standard InChI is InChI=1S/C22H32O2/c1-3-4-5-6-7-8-9-10-11-13-16-20(2)22(23)24-19-21-17-14-12-15-18-21/h12,14-15,17-18,20H,3-11,19H2,1-2H3. The molecule has 24 heavy (non-hydrogen) atoms. The predicted molar refractivity (Wildman–Crippen MR) is 100 cm³/mol. The first-order valence-corrected chi connectivity index (χ1v) is 9.43. The third-order valence-electron chi connectivity index (χ3n) is 4.05. The molecule has 0 saturated heterocycles. The van der Waals surface area contributed by atoms with Gasteiger partial charge in [-0.25, -0.2) is 0 Å². The van der Waals surface area contributed by atoms with Crippen molar-refractivity contribution in [1.82, 2.24) is 0 Å². The summed E-state index contributed by atoms with van der Waals surface area (Å²) in [6.45, 7) is 4.38. The number of ether oxygens (including phenoxy) is 1. The fourth-order valence-electron chi connectivity index (χ4n) is 2.49. The Morgan fingerprint density at radius 1 is 1.00 bits per heavy atom. The van der Waals surface area contributed by atoms with Crippen molar-refractivity contribution >= 4 is 5.97 Å². The Morgan fingerprint density at radius 3 is 2.29 bits per heavy atom. The Morgan fingerprint density at radius 2 is 1.62 bits per heavy atom. The lowest BCUT2D eigenvalue weighted by molar-refractivity contribution is -0.147. The van der Waals surface area contributed by atoms with E-state index >= 15 is 0 Å². The van der Waals surface area contributed by atoms with Crippen LogP contribution in [0.1, 0.15) is 77.2 Å². The average Bonchev–Trinajstić information content (AvgIpc) is 2.62. The molecule has 1 atom stereocenters. The highest BCUT2D eigenvalue weighted by Gasteiger charge is 2.11. The third-order valence-corrected chi connectivity index (χ3v) is 4.05. The van der Waals surface area contributed by atoms with Gasteiger partial charge >= 0.3 is 5.97 Å². The maximum absolute atomic E-state index is 11.9. The summed E-state index contributed by atoms with van der Waals surface area (Å²) in [5.41, 5.74) is 1.00. The van der Waals surface area contributed by atoms with Crippen molar-refractivity contribution in [3.05, 3.63) is 35.9 Å². The van der Waals surface area contributed by atoms with Crippen LogP contribution in [0.4, 0.5) is 0 Å². The second-order valence-electron chi connectivity index (χ2n) is 6.36. The van der Waals surface area contributed by atoms with Crippen LogP contribution in [0.3, 0.4) is 0 Å². The van der Waals surface area contributed by atoms with E-state index < -0.39 is 0 Å². The quantitative estimate of drug-likeness (QED) is 0.287. The van der Waals surface area contributed by atoms with Gasteiger partial charge in [0.25, 0.3) is 0 Å². The van der Waals surface area contributed by atoms with Crippen molar-refractivity contribution in [2.24, 2.45) is 5.92 Å². The second-order valence-corrected chi connectivity index (χ2v) is 6.36. The van der Waals surface area contributed by atoms with E-state index in [0.29, 0.717) is 6.61 Å². The first kappa shape index (κ1) is 20.3. The van der Waals surface area contributed by atoms with Crippen LogP contribution in [0.25, 0.3) is 0 Å². The van der Waals surface area contributed by atoms with Gasteiger partial charge in [0.05, 0.1) is 0 Å². The highest BCUT2D eigenvalue weighted by molar-refractivity contribution is 5.75. The molecule has 0 aliphatic carbocycles. The Balaban J connectivity index is 2.06. The average molecular weight is 328 g/mol. The smallest absolute Gasteiger partial charge is 0.321 e. The first-order chi connectivity index (χ1) is 11.7. The predicted octanol–water partition coefficient (Wildman–Crippen LogP) is 5.90. The molecule has 0 saturated carbocycles. The monoisotopic (exact) mass is 328 g/mol. The van der Waals surface area contributed by atoms with Crippen molar-refractivity contribution in [1.29, 1.82) is 0 Å². The van der Waals surface area contributed by atoms with Crippen molar-refractivity contribution in [2.75, 3.05) is 0 Å². The summed E-state index contributed by atoms with van der Waals surface area (Å²) >= 11 is 0. The summed E-state index contributed by atoms with van der Waals surface area (Å²) < 4.78 is 5.29. The van der Waals surface area contributed by atoms with Gasteiger partial charge in [-0.15, -0.1) is 5.92 Å². The lowest BCUT2D eigenvalue weighted by Gasteiger charge is -2.06. The molecule has 1 unspecified atom stereocenters. The molecular formula is C22H32O2. The van der Waals surface area contributed by atoms with Crippen LogP contribution in [-0.2, 0) is 16.1 Å². The number of benzene rings is 1. The summed E-state index contributed by atoms with van der Waals surface area (Å²) in [7, 11) is 0. The second kappa shape index (κ2) is 13.7. The normalized spacial score (nSPS) is 11.4. The van der Waals surface area contributed by atoms with Gasteiger partial charge in [0.2, 0.25) is 0 Å². The Kier molecular flexibility index (Phi) is 11.6. The minimum atomic E-state index is -0.345. The van der Waals surface area contributed by atoms with E-state index in [4.69, 9.17) is 4.74 Å². The fourth-order valence-corrected chi connectivity index (χ4v) is 2.49. The SMILES string of the molecule is CCCCCCCCCCC#CC(C)C(=O)OCc1ccccc1. The molecule has 1 aromatic carbocycles. The van der Waals surface area contributed by atoms with Crippen LogP contribution >= 0.6 is 0 Å². The number of esters is 1. The largest absolute Gasteiger partial charge is 0.460 e. The number of hydrogen-bond acceptors (Lipinski definition) is 2. The third kappa shape index (κ3) is 10.1. The van der Waals surface area contributed by atoms with Gasteiger partial charge in [0.1, 0.15) is 12.5 Å². The number of rotatable bonds is 11. The molecule has 0 fully saturated rings. The van der Waals surface area contributed by atoms with Crippen LogP contribution in [0.2, 0.25) is 0 Å². The Labute approximate surface area is 148 Å². The van der Waals surface area contributed by atoms with Gasteiger partial charge < -0.3 is 4.74 Å². The minimum Gasteiger partial charge on any atom is -0.460 e. The molecule has 0 N–H and O–H groups in total. The van der Waals surface area contributed by atoms with Gasteiger partial charge in [0, 0.05) is 6.42 Å². The molecule has 0 aliphatic rings. The Hall–Kier alpha value is -1.75. The van der Waals surface area contributed by atoms with Crippen LogP contribution in [0.5, 0.6) is 0 Å². The lowest BCUT2D eigenvalue weighted by atomic mass is 10.1. The molecule has 1 aromatic rings. The first-order valence-electron chi connectivity index (χ1n) is 9.43. The molecular weight excluding hydrogens is 296 g/mol.